The van der Waals surface area contributed by atoms with E-state index < -0.39 is 0 Å². The van der Waals surface area contributed by atoms with Gasteiger partial charge in [0.1, 0.15) is 5.75 Å². The summed E-state index contributed by atoms with van der Waals surface area (Å²) in [5.41, 5.74) is 2.91. The van der Waals surface area contributed by atoms with E-state index in [0.29, 0.717) is 5.25 Å². The molecular weight excluding hydrogens is 400 g/mol. The minimum Gasteiger partial charge on any atom is -0.497 e. The van der Waals surface area contributed by atoms with E-state index in [4.69, 9.17) is 9.72 Å². The van der Waals surface area contributed by atoms with Gasteiger partial charge >= 0.3 is 0 Å². The number of hydrogen-bond donors (Lipinski definition) is 0. The van der Waals surface area contributed by atoms with Gasteiger partial charge < -0.3 is 4.74 Å². The third-order valence-corrected chi connectivity index (χ3v) is 6.74. The van der Waals surface area contributed by atoms with Gasteiger partial charge in [-0.05, 0) is 29.8 Å². The molecule has 1 aliphatic rings. The van der Waals surface area contributed by atoms with Gasteiger partial charge in [0.15, 0.2) is 5.16 Å². The Kier molecular flexibility index (Phi) is 6.11. The summed E-state index contributed by atoms with van der Waals surface area (Å²) in [5, 5.41) is 1.11. The minimum absolute atomic E-state index is 0.0176. The van der Waals surface area contributed by atoms with E-state index in [1.807, 2.05) is 42.5 Å². The third-order valence-electron chi connectivity index (χ3n) is 4.63. The molecule has 0 radical (unpaired) electrons. The molecule has 148 valence electrons. The molecule has 0 bridgehead atoms. The van der Waals surface area contributed by atoms with Gasteiger partial charge in [0.05, 0.1) is 23.4 Å². The highest BCUT2D eigenvalue weighted by Crippen LogP contribution is 2.35. The summed E-state index contributed by atoms with van der Waals surface area (Å²) in [7, 11) is 1.64. The number of rotatable bonds is 6. The van der Waals surface area contributed by atoms with Gasteiger partial charge in [-0.3, -0.25) is 9.36 Å². The molecular formula is C23H22N2O2S2. The van der Waals surface area contributed by atoms with Gasteiger partial charge in [-0.15, -0.1) is 11.8 Å². The van der Waals surface area contributed by atoms with Crippen LogP contribution in [0.1, 0.15) is 18.2 Å². The summed E-state index contributed by atoms with van der Waals surface area (Å²) in [6.45, 7) is 2.14. The molecule has 1 aromatic heterocycles. The largest absolute Gasteiger partial charge is 0.497 e. The molecule has 0 N–H and O–H groups in total. The Labute approximate surface area is 179 Å². The van der Waals surface area contributed by atoms with Crippen molar-refractivity contribution in [2.75, 3.05) is 12.9 Å². The highest BCUT2D eigenvalue weighted by Gasteiger charge is 2.26. The molecule has 0 aliphatic carbocycles. The topological polar surface area (TPSA) is 44.1 Å². The molecule has 0 saturated carbocycles. The van der Waals surface area contributed by atoms with Crippen molar-refractivity contribution >= 4 is 29.6 Å². The standard InChI is InChI=1S/C23H22N2O2S2/c1-16-15-20-21(29-16)22(26)25(18-10-12-19(27-2)13-11-18)23(24-20)28-14-6-9-17-7-4-3-5-8-17/h3-13,16H,14-15H2,1-2H3/b9-6+. The fraction of sp³-hybridized carbons (Fsp3) is 0.217. The third kappa shape index (κ3) is 4.43. The monoisotopic (exact) mass is 422 g/mol. The van der Waals surface area contributed by atoms with Crippen molar-refractivity contribution < 1.29 is 4.74 Å². The number of hydrogen-bond acceptors (Lipinski definition) is 5. The van der Waals surface area contributed by atoms with Crippen molar-refractivity contribution in [1.82, 2.24) is 9.55 Å². The van der Waals surface area contributed by atoms with Crippen molar-refractivity contribution in [1.29, 1.82) is 0 Å². The first kappa shape index (κ1) is 19.9. The first-order valence-corrected chi connectivity index (χ1v) is 11.3. The van der Waals surface area contributed by atoms with Crippen LogP contribution in [-0.2, 0) is 6.42 Å². The molecule has 0 spiro atoms. The summed E-state index contributed by atoms with van der Waals surface area (Å²) in [5.74, 6) is 1.50. The van der Waals surface area contributed by atoms with Crippen LogP contribution in [0.5, 0.6) is 5.75 Å². The Morgan fingerprint density at radius 2 is 1.97 bits per heavy atom. The van der Waals surface area contributed by atoms with Gasteiger partial charge in [-0.2, -0.15) is 0 Å². The Balaban J connectivity index is 1.66. The van der Waals surface area contributed by atoms with Crippen LogP contribution >= 0.6 is 23.5 Å². The second-order valence-electron chi connectivity index (χ2n) is 6.77. The second-order valence-corrected chi connectivity index (χ2v) is 9.20. The van der Waals surface area contributed by atoms with Gasteiger partial charge in [0, 0.05) is 17.4 Å². The lowest BCUT2D eigenvalue weighted by Gasteiger charge is -2.13. The lowest BCUT2D eigenvalue weighted by Crippen LogP contribution is -2.23. The summed E-state index contributed by atoms with van der Waals surface area (Å²) in [4.78, 5) is 18.9. The number of fused-ring (bicyclic) bond motifs is 1. The maximum absolute atomic E-state index is 13.3. The van der Waals surface area contributed by atoms with Gasteiger partial charge in [0.2, 0.25) is 0 Å². The van der Waals surface area contributed by atoms with Crippen molar-refractivity contribution in [2.45, 2.75) is 28.6 Å². The van der Waals surface area contributed by atoms with E-state index in [1.54, 1.807) is 35.2 Å². The zero-order chi connectivity index (χ0) is 20.2. The SMILES string of the molecule is COc1ccc(-n2c(SC/C=C/c3ccccc3)nc3c(c2=O)SC(C)C3)cc1. The summed E-state index contributed by atoms with van der Waals surface area (Å²) in [6.07, 6.45) is 5.04. The van der Waals surface area contributed by atoms with Gasteiger partial charge in [-0.1, -0.05) is 61.2 Å². The molecule has 1 atom stereocenters. The van der Waals surface area contributed by atoms with Crippen LogP contribution < -0.4 is 10.3 Å². The maximum atomic E-state index is 13.3. The van der Waals surface area contributed by atoms with Crippen molar-refractivity contribution in [3.63, 3.8) is 0 Å². The number of benzene rings is 2. The van der Waals surface area contributed by atoms with E-state index in [0.717, 1.165) is 44.9 Å². The fourth-order valence-corrected chi connectivity index (χ4v) is 5.16. The average molecular weight is 423 g/mol. The zero-order valence-corrected chi connectivity index (χ0v) is 18.0. The predicted molar refractivity (Wildman–Crippen MR) is 122 cm³/mol. The summed E-state index contributed by atoms with van der Waals surface area (Å²) < 4.78 is 6.98. The quantitative estimate of drug-likeness (QED) is 0.409. The van der Waals surface area contributed by atoms with Gasteiger partial charge in [0.25, 0.3) is 5.56 Å². The molecule has 6 heteroatoms. The predicted octanol–water partition coefficient (Wildman–Crippen LogP) is 5.08. The van der Waals surface area contributed by atoms with Crippen LogP contribution in [-0.4, -0.2) is 27.7 Å². The first-order valence-electron chi connectivity index (χ1n) is 9.47. The van der Waals surface area contributed by atoms with Crippen LogP contribution in [0.4, 0.5) is 0 Å². The van der Waals surface area contributed by atoms with E-state index in [1.165, 1.54) is 0 Å². The molecule has 0 amide bonds. The normalized spacial score (nSPS) is 15.6. The van der Waals surface area contributed by atoms with E-state index >= 15 is 0 Å². The molecule has 2 heterocycles. The molecule has 2 aromatic carbocycles. The molecule has 4 rings (SSSR count). The van der Waals surface area contributed by atoms with Crippen LogP contribution in [0.25, 0.3) is 11.8 Å². The van der Waals surface area contributed by atoms with E-state index in [9.17, 15) is 4.79 Å². The summed E-state index contributed by atoms with van der Waals surface area (Å²) >= 11 is 3.20. The van der Waals surface area contributed by atoms with Crippen molar-refractivity contribution in [3.05, 3.63) is 82.3 Å². The highest BCUT2D eigenvalue weighted by molar-refractivity contribution is 8.00. The Hall–Kier alpha value is -2.44. The number of nitrogens with zero attached hydrogens (tertiary/aromatic N) is 2. The van der Waals surface area contributed by atoms with Crippen molar-refractivity contribution in [3.8, 4) is 11.4 Å². The van der Waals surface area contributed by atoms with Crippen LogP contribution in [0, 0.1) is 0 Å². The highest BCUT2D eigenvalue weighted by atomic mass is 32.2. The molecule has 4 nitrogen and oxygen atoms in total. The number of aromatic nitrogens is 2. The fourth-order valence-electron chi connectivity index (χ4n) is 3.23. The minimum atomic E-state index is 0.0176. The van der Waals surface area contributed by atoms with Crippen LogP contribution in [0.15, 0.2) is 75.5 Å². The number of thioether (sulfide) groups is 2. The molecule has 29 heavy (non-hydrogen) atoms. The zero-order valence-electron chi connectivity index (χ0n) is 16.4. The van der Waals surface area contributed by atoms with Gasteiger partial charge in [-0.25, -0.2) is 4.98 Å². The lowest BCUT2D eigenvalue weighted by atomic mass is 10.2. The van der Waals surface area contributed by atoms with E-state index in [2.05, 4.69) is 31.2 Å². The number of methoxy groups -OCH3 is 1. The molecule has 1 aliphatic heterocycles. The molecule has 0 fully saturated rings. The average Bonchev–Trinajstić information content (AvgIpc) is 3.13. The Morgan fingerprint density at radius 3 is 2.69 bits per heavy atom. The molecule has 3 aromatic rings. The molecule has 1 unspecified atom stereocenters. The van der Waals surface area contributed by atoms with Crippen LogP contribution in [0.2, 0.25) is 0 Å². The Bertz CT molecular complexity index is 1080. The summed E-state index contributed by atoms with van der Waals surface area (Å²) in [6, 6.07) is 17.7. The second kappa shape index (κ2) is 8.93. The lowest BCUT2D eigenvalue weighted by molar-refractivity contribution is 0.414. The molecule has 0 saturated heterocycles. The number of ether oxygens (including phenoxy) is 1. The Morgan fingerprint density at radius 1 is 1.21 bits per heavy atom. The first-order chi connectivity index (χ1) is 14.2. The maximum Gasteiger partial charge on any atom is 0.272 e. The van der Waals surface area contributed by atoms with E-state index in [-0.39, 0.29) is 5.56 Å². The van der Waals surface area contributed by atoms with Crippen molar-refractivity contribution in [2.24, 2.45) is 0 Å². The smallest absolute Gasteiger partial charge is 0.272 e. The van der Waals surface area contributed by atoms with Crippen LogP contribution in [0.3, 0.4) is 0 Å².